The average molecular weight is 232 g/mol. The highest BCUT2D eigenvalue weighted by Gasteiger charge is 2.16. The molecule has 90 valence electrons. The minimum Gasteiger partial charge on any atom is -0.497 e. The lowest BCUT2D eigenvalue weighted by Crippen LogP contribution is -2.06. The zero-order chi connectivity index (χ0) is 12.4. The Kier molecular flexibility index (Phi) is 3.15. The summed E-state index contributed by atoms with van der Waals surface area (Å²) >= 11 is 0. The molecule has 1 aromatic carbocycles. The van der Waals surface area contributed by atoms with Crippen molar-refractivity contribution in [3.05, 3.63) is 47.5 Å². The summed E-state index contributed by atoms with van der Waals surface area (Å²) in [7, 11) is 3.50. The first kappa shape index (κ1) is 11.7. The van der Waals surface area contributed by atoms with E-state index < -0.39 is 6.10 Å². The van der Waals surface area contributed by atoms with Gasteiger partial charge in [0.15, 0.2) is 0 Å². The standard InChI is InChI=1S/C13H16N2O2/c1-9-6-10(17-3)4-5-11(9)13(16)12-7-14-8-15(12)2/h4-8,13,16H,1-3H3. The molecule has 0 amide bonds. The van der Waals surface area contributed by atoms with Crippen molar-refractivity contribution in [3.63, 3.8) is 0 Å². The van der Waals surface area contributed by atoms with Crippen LogP contribution in [-0.4, -0.2) is 21.8 Å². The molecule has 1 N–H and O–H groups in total. The van der Waals surface area contributed by atoms with Crippen LogP contribution in [0.1, 0.15) is 22.9 Å². The Balaban J connectivity index is 2.38. The van der Waals surface area contributed by atoms with Crippen molar-refractivity contribution < 1.29 is 9.84 Å². The number of aliphatic hydroxyl groups excluding tert-OH is 1. The number of methoxy groups -OCH3 is 1. The number of rotatable bonds is 3. The van der Waals surface area contributed by atoms with Crippen LogP contribution in [-0.2, 0) is 7.05 Å². The molecule has 0 saturated carbocycles. The second-order valence-corrected chi connectivity index (χ2v) is 4.05. The minimum absolute atomic E-state index is 0.659. The topological polar surface area (TPSA) is 47.3 Å². The summed E-state index contributed by atoms with van der Waals surface area (Å²) in [6, 6.07) is 5.64. The number of aromatic nitrogens is 2. The number of imidazole rings is 1. The van der Waals surface area contributed by atoms with Crippen molar-refractivity contribution in [2.45, 2.75) is 13.0 Å². The fourth-order valence-corrected chi connectivity index (χ4v) is 1.87. The van der Waals surface area contributed by atoms with Gasteiger partial charge in [-0.25, -0.2) is 4.98 Å². The van der Waals surface area contributed by atoms with Crippen molar-refractivity contribution >= 4 is 0 Å². The van der Waals surface area contributed by atoms with Crippen LogP contribution in [0.25, 0.3) is 0 Å². The van der Waals surface area contributed by atoms with E-state index in [1.165, 1.54) is 0 Å². The molecular weight excluding hydrogens is 216 g/mol. The van der Waals surface area contributed by atoms with Crippen LogP contribution < -0.4 is 4.74 Å². The maximum absolute atomic E-state index is 10.3. The van der Waals surface area contributed by atoms with Gasteiger partial charge in [-0.15, -0.1) is 0 Å². The number of aryl methyl sites for hydroxylation is 2. The van der Waals surface area contributed by atoms with E-state index in [2.05, 4.69) is 4.98 Å². The van der Waals surface area contributed by atoms with Crippen LogP contribution in [0.3, 0.4) is 0 Å². The maximum Gasteiger partial charge on any atom is 0.121 e. The lowest BCUT2D eigenvalue weighted by atomic mass is 10.0. The van der Waals surface area contributed by atoms with Gasteiger partial charge in [0.2, 0.25) is 0 Å². The summed E-state index contributed by atoms with van der Waals surface area (Å²) in [5.41, 5.74) is 2.64. The molecule has 2 rings (SSSR count). The van der Waals surface area contributed by atoms with Gasteiger partial charge >= 0.3 is 0 Å². The Hall–Kier alpha value is -1.81. The van der Waals surface area contributed by atoms with E-state index >= 15 is 0 Å². The molecule has 17 heavy (non-hydrogen) atoms. The molecule has 4 heteroatoms. The summed E-state index contributed by atoms with van der Waals surface area (Å²) in [6.07, 6.45) is 2.69. The first-order valence-corrected chi connectivity index (χ1v) is 5.42. The lowest BCUT2D eigenvalue weighted by Gasteiger charge is -2.15. The molecule has 0 spiro atoms. The zero-order valence-electron chi connectivity index (χ0n) is 10.2. The van der Waals surface area contributed by atoms with Crippen LogP contribution in [0.5, 0.6) is 5.75 Å². The van der Waals surface area contributed by atoms with E-state index in [-0.39, 0.29) is 0 Å². The van der Waals surface area contributed by atoms with Gasteiger partial charge in [-0.3, -0.25) is 0 Å². The molecule has 0 aliphatic heterocycles. The van der Waals surface area contributed by atoms with Crippen molar-refractivity contribution in [1.29, 1.82) is 0 Å². The Morgan fingerprint density at radius 2 is 2.18 bits per heavy atom. The Labute approximate surface area is 100 Å². The highest BCUT2D eigenvalue weighted by Crippen LogP contribution is 2.26. The number of hydrogen-bond donors (Lipinski definition) is 1. The molecule has 0 saturated heterocycles. The van der Waals surface area contributed by atoms with Crippen LogP contribution in [0, 0.1) is 6.92 Å². The van der Waals surface area contributed by atoms with Gasteiger partial charge in [0.25, 0.3) is 0 Å². The summed E-state index contributed by atoms with van der Waals surface area (Å²) in [4.78, 5) is 4.01. The largest absolute Gasteiger partial charge is 0.497 e. The molecule has 1 atom stereocenters. The average Bonchev–Trinajstić information content (AvgIpc) is 2.74. The smallest absolute Gasteiger partial charge is 0.121 e. The molecule has 0 aliphatic carbocycles. The highest BCUT2D eigenvalue weighted by molar-refractivity contribution is 5.38. The van der Waals surface area contributed by atoms with Gasteiger partial charge in [-0.2, -0.15) is 0 Å². The van der Waals surface area contributed by atoms with Crippen molar-refractivity contribution in [3.8, 4) is 5.75 Å². The summed E-state index contributed by atoms with van der Waals surface area (Å²) in [5.74, 6) is 0.795. The number of aliphatic hydroxyl groups is 1. The SMILES string of the molecule is COc1ccc(C(O)c2cncn2C)c(C)c1. The quantitative estimate of drug-likeness (QED) is 0.878. The Morgan fingerprint density at radius 1 is 1.41 bits per heavy atom. The first-order chi connectivity index (χ1) is 8.13. The van der Waals surface area contributed by atoms with Crippen molar-refractivity contribution in [2.24, 2.45) is 7.05 Å². The van der Waals surface area contributed by atoms with E-state index in [9.17, 15) is 5.11 Å². The van der Waals surface area contributed by atoms with Gasteiger partial charge in [-0.1, -0.05) is 6.07 Å². The molecule has 0 bridgehead atoms. The highest BCUT2D eigenvalue weighted by atomic mass is 16.5. The van der Waals surface area contributed by atoms with Crippen LogP contribution >= 0.6 is 0 Å². The fraction of sp³-hybridized carbons (Fsp3) is 0.308. The summed E-state index contributed by atoms with van der Waals surface area (Å²) < 4.78 is 6.96. The van der Waals surface area contributed by atoms with Crippen LogP contribution in [0.15, 0.2) is 30.7 Å². The first-order valence-electron chi connectivity index (χ1n) is 5.42. The monoisotopic (exact) mass is 232 g/mol. The Bertz CT molecular complexity index is 520. The number of hydrogen-bond acceptors (Lipinski definition) is 3. The van der Waals surface area contributed by atoms with Gasteiger partial charge in [0.1, 0.15) is 11.9 Å². The van der Waals surface area contributed by atoms with Crippen molar-refractivity contribution in [2.75, 3.05) is 7.11 Å². The fourth-order valence-electron chi connectivity index (χ4n) is 1.87. The van der Waals surface area contributed by atoms with Gasteiger partial charge < -0.3 is 14.4 Å². The molecule has 0 radical (unpaired) electrons. The molecular formula is C13H16N2O2. The third kappa shape index (κ3) is 2.17. The molecule has 1 unspecified atom stereocenters. The minimum atomic E-state index is -0.659. The molecule has 0 aliphatic rings. The molecule has 1 heterocycles. The van der Waals surface area contributed by atoms with Crippen molar-refractivity contribution in [1.82, 2.24) is 9.55 Å². The van der Waals surface area contributed by atoms with Gasteiger partial charge in [0.05, 0.1) is 25.3 Å². The Morgan fingerprint density at radius 3 is 2.71 bits per heavy atom. The number of nitrogens with zero attached hydrogens (tertiary/aromatic N) is 2. The predicted molar refractivity (Wildman–Crippen MR) is 65.0 cm³/mol. The number of benzene rings is 1. The second kappa shape index (κ2) is 4.59. The maximum atomic E-state index is 10.3. The molecule has 4 nitrogen and oxygen atoms in total. The predicted octanol–water partition coefficient (Wildman–Crippen LogP) is 1.82. The van der Waals surface area contributed by atoms with E-state index in [0.717, 1.165) is 22.6 Å². The van der Waals surface area contributed by atoms with E-state index in [1.807, 2.05) is 36.7 Å². The summed E-state index contributed by atoms with van der Waals surface area (Å²) in [5, 5.41) is 10.3. The van der Waals surface area contributed by atoms with E-state index in [4.69, 9.17) is 4.74 Å². The number of ether oxygens (including phenoxy) is 1. The zero-order valence-corrected chi connectivity index (χ0v) is 10.2. The lowest BCUT2D eigenvalue weighted by molar-refractivity contribution is 0.210. The van der Waals surface area contributed by atoms with Gasteiger partial charge in [-0.05, 0) is 30.2 Å². The van der Waals surface area contributed by atoms with E-state index in [0.29, 0.717) is 0 Å². The molecule has 0 fully saturated rings. The summed E-state index contributed by atoms with van der Waals surface area (Å²) in [6.45, 7) is 1.96. The van der Waals surface area contributed by atoms with Crippen LogP contribution in [0.4, 0.5) is 0 Å². The molecule has 2 aromatic rings. The van der Waals surface area contributed by atoms with Crippen LogP contribution in [0.2, 0.25) is 0 Å². The third-order valence-corrected chi connectivity index (χ3v) is 2.91. The molecule has 1 aromatic heterocycles. The van der Waals surface area contributed by atoms with E-state index in [1.54, 1.807) is 19.6 Å². The third-order valence-electron chi connectivity index (χ3n) is 2.91. The normalized spacial score (nSPS) is 12.5. The second-order valence-electron chi connectivity index (χ2n) is 4.05. The van der Waals surface area contributed by atoms with Gasteiger partial charge in [0, 0.05) is 7.05 Å².